The number of esters is 1. The van der Waals surface area contributed by atoms with E-state index < -0.39 is 23.0 Å². The molecule has 2 aliphatic heterocycles. The fourth-order valence-corrected chi connectivity index (χ4v) is 5.19. The van der Waals surface area contributed by atoms with Gasteiger partial charge in [-0.05, 0) is 37.5 Å². The van der Waals surface area contributed by atoms with Crippen LogP contribution in [0.15, 0.2) is 35.5 Å². The number of benzene rings is 1. The summed E-state index contributed by atoms with van der Waals surface area (Å²) in [5, 5.41) is 16.6. The summed E-state index contributed by atoms with van der Waals surface area (Å²) in [6.45, 7) is 6.05. The number of carbonyl (C=O) groups is 2. The average Bonchev–Trinajstić information content (AvgIpc) is 2.85. The summed E-state index contributed by atoms with van der Waals surface area (Å²) in [5.74, 6) is -0.505. The van der Waals surface area contributed by atoms with Gasteiger partial charge in [0.15, 0.2) is 0 Å². The first-order chi connectivity index (χ1) is 16.5. The third-order valence-electron chi connectivity index (χ3n) is 6.97. The SMILES string of the molecule is CCOC(=O)C1=C(CN2CCN(C3CCCCC3)CC2)NC(=O)N[C@@H]1c1ccc([N+](=O)[O-])cc1. The molecule has 2 amide bonds. The van der Waals surface area contributed by atoms with Gasteiger partial charge in [0, 0.05) is 56.6 Å². The van der Waals surface area contributed by atoms with E-state index in [9.17, 15) is 19.7 Å². The Balaban J connectivity index is 1.53. The first-order valence-corrected chi connectivity index (χ1v) is 12.1. The van der Waals surface area contributed by atoms with Crippen molar-refractivity contribution in [3.63, 3.8) is 0 Å². The van der Waals surface area contributed by atoms with Crippen LogP contribution in [-0.2, 0) is 9.53 Å². The fourth-order valence-electron chi connectivity index (χ4n) is 5.19. The molecule has 10 nitrogen and oxygen atoms in total. The van der Waals surface area contributed by atoms with Crippen molar-refractivity contribution in [1.82, 2.24) is 20.4 Å². The Labute approximate surface area is 199 Å². The van der Waals surface area contributed by atoms with Crippen LogP contribution in [0.5, 0.6) is 0 Å². The number of rotatable bonds is 7. The molecule has 0 unspecified atom stereocenters. The zero-order valence-electron chi connectivity index (χ0n) is 19.6. The molecule has 34 heavy (non-hydrogen) atoms. The first-order valence-electron chi connectivity index (χ1n) is 12.1. The van der Waals surface area contributed by atoms with Gasteiger partial charge in [-0.15, -0.1) is 0 Å². The van der Waals surface area contributed by atoms with Gasteiger partial charge >= 0.3 is 12.0 Å². The highest BCUT2D eigenvalue weighted by atomic mass is 16.6. The number of carbonyl (C=O) groups excluding carboxylic acids is 2. The molecule has 1 saturated carbocycles. The summed E-state index contributed by atoms with van der Waals surface area (Å²) in [7, 11) is 0. The molecule has 10 heteroatoms. The number of hydrogen-bond donors (Lipinski definition) is 2. The molecule has 1 atom stereocenters. The van der Waals surface area contributed by atoms with Crippen LogP contribution in [-0.4, -0.2) is 72.1 Å². The summed E-state index contributed by atoms with van der Waals surface area (Å²) in [4.78, 5) is 40.9. The molecular formula is C24H33N5O5. The van der Waals surface area contributed by atoms with Gasteiger partial charge in [0.2, 0.25) is 0 Å². The predicted molar refractivity (Wildman–Crippen MR) is 126 cm³/mol. The average molecular weight is 472 g/mol. The monoisotopic (exact) mass is 471 g/mol. The van der Waals surface area contributed by atoms with Crippen LogP contribution in [0.1, 0.15) is 50.6 Å². The van der Waals surface area contributed by atoms with Crippen LogP contribution in [0.2, 0.25) is 0 Å². The van der Waals surface area contributed by atoms with Gasteiger partial charge in [-0.2, -0.15) is 0 Å². The third-order valence-corrected chi connectivity index (χ3v) is 6.97. The van der Waals surface area contributed by atoms with Crippen LogP contribution >= 0.6 is 0 Å². The van der Waals surface area contributed by atoms with E-state index in [0.29, 0.717) is 29.4 Å². The summed E-state index contributed by atoms with van der Waals surface area (Å²) in [6, 6.07) is 5.39. The van der Waals surface area contributed by atoms with Crippen molar-refractivity contribution in [3.8, 4) is 0 Å². The Morgan fingerprint density at radius 1 is 1.12 bits per heavy atom. The number of nitro benzene ring substituents is 1. The molecule has 1 aliphatic carbocycles. The zero-order valence-corrected chi connectivity index (χ0v) is 19.6. The molecule has 2 N–H and O–H groups in total. The van der Waals surface area contributed by atoms with Gasteiger partial charge in [-0.1, -0.05) is 19.3 Å². The second-order valence-corrected chi connectivity index (χ2v) is 9.10. The lowest BCUT2D eigenvalue weighted by atomic mass is 9.93. The van der Waals surface area contributed by atoms with Gasteiger partial charge in [0.25, 0.3) is 5.69 Å². The number of piperazine rings is 1. The number of nitro groups is 1. The van der Waals surface area contributed by atoms with Crippen LogP contribution in [0, 0.1) is 10.1 Å². The Bertz CT molecular complexity index is 934. The van der Waals surface area contributed by atoms with Crippen molar-refractivity contribution in [2.45, 2.75) is 51.1 Å². The van der Waals surface area contributed by atoms with E-state index in [-0.39, 0.29) is 12.3 Å². The minimum absolute atomic E-state index is 0.0539. The highest BCUT2D eigenvalue weighted by Crippen LogP contribution is 2.30. The molecule has 2 fully saturated rings. The number of nitrogens with one attached hydrogen (secondary N) is 2. The summed E-state index contributed by atoms with van der Waals surface area (Å²) < 4.78 is 5.32. The second kappa shape index (κ2) is 11.0. The molecule has 0 aromatic heterocycles. The van der Waals surface area contributed by atoms with E-state index in [1.54, 1.807) is 19.1 Å². The lowest BCUT2D eigenvalue weighted by Gasteiger charge is -2.41. The number of non-ortho nitro benzene ring substituents is 1. The lowest BCUT2D eigenvalue weighted by Crippen LogP contribution is -2.53. The fraction of sp³-hybridized carbons (Fsp3) is 0.583. The maximum Gasteiger partial charge on any atom is 0.338 e. The standard InChI is InChI=1S/C24H33N5O5/c1-2-34-23(30)21-20(16-27-12-14-28(15-13-27)18-6-4-3-5-7-18)25-24(31)26-22(21)17-8-10-19(11-9-17)29(32)33/h8-11,18,22H,2-7,12-16H2,1H3,(H2,25,26,31)/t22-/m1/s1. The van der Waals surface area contributed by atoms with E-state index in [1.165, 1.54) is 44.2 Å². The maximum absolute atomic E-state index is 13.0. The third kappa shape index (κ3) is 5.56. The predicted octanol–water partition coefficient (Wildman–Crippen LogP) is 2.72. The summed E-state index contributed by atoms with van der Waals surface area (Å²) in [6.07, 6.45) is 6.51. The topological polar surface area (TPSA) is 117 Å². The second-order valence-electron chi connectivity index (χ2n) is 9.10. The van der Waals surface area contributed by atoms with Crippen molar-refractivity contribution < 1.29 is 19.2 Å². The van der Waals surface area contributed by atoms with Crippen molar-refractivity contribution >= 4 is 17.7 Å². The summed E-state index contributed by atoms with van der Waals surface area (Å²) >= 11 is 0. The Hall–Kier alpha value is -2.98. The Morgan fingerprint density at radius 3 is 2.41 bits per heavy atom. The first kappa shape index (κ1) is 24.2. The number of amides is 2. The van der Waals surface area contributed by atoms with Crippen molar-refractivity contribution in [1.29, 1.82) is 0 Å². The van der Waals surface area contributed by atoms with E-state index >= 15 is 0 Å². The Morgan fingerprint density at radius 2 is 1.79 bits per heavy atom. The van der Waals surface area contributed by atoms with Gasteiger partial charge in [-0.25, -0.2) is 9.59 Å². The van der Waals surface area contributed by atoms with Gasteiger partial charge in [0.1, 0.15) is 0 Å². The largest absolute Gasteiger partial charge is 0.463 e. The van der Waals surface area contributed by atoms with Gasteiger partial charge in [0.05, 0.1) is 23.1 Å². The van der Waals surface area contributed by atoms with E-state index in [0.717, 1.165) is 26.2 Å². The molecule has 0 spiro atoms. The quantitative estimate of drug-likeness (QED) is 0.357. The highest BCUT2D eigenvalue weighted by molar-refractivity contribution is 5.95. The van der Waals surface area contributed by atoms with Crippen LogP contribution in [0.4, 0.5) is 10.5 Å². The molecule has 0 bridgehead atoms. The molecule has 3 aliphatic rings. The van der Waals surface area contributed by atoms with Crippen LogP contribution in [0.25, 0.3) is 0 Å². The molecule has 4 rings (SSSR count). The summed E-state index contributed by atoms with van der Waals surface area (Å²) in [5.41, 5.74) is 1.39. The molecular weight excluding hydrogens is 438 g/mol. The molecule has 1 aromatic rings. The van der Waals surface area contributed by atoms with Crippen molar-refractivity contribution in [2.75, 3.05) is 39.3 Å². The van der Waals surface area contributed by atoms with Gasteiger partial charge in [-0.3, -0.25) is 19.9 Å². The zero-order chi connectivity index (χ0) is 24.1. The molecule has 1 saturated heterocycles. The van der Waals surface area contributed by atoms with Crippen molar-refractivity contribution in [3.05, 3.63) is 51.2 Å². The van der Waals surface area contributed by atoms with Crippen molar-refractivity contribution in [2.24, 2.45) is 0 Å². The maximum atomic E-state index is 13.0. The minimum Gasteiger partial charge on any atom is -0.463 e. The molecule has 0 radical (unpaired) electrons. The number of hydrogen-bond acceptors (Lipinski definition) is 7. The van der Waals surface area contributed by atoms with Gasteiger partial charge < -0.3 is 15.4 Å². The van der Waals surface area contributed by atoms with Crippen LogP contribution < -0.4 is 10.6 Å². The van der Waals surface area contributed by atoms with E-state index in [1.807, 2.05) is 0 Å². The normalized spacial score (nSPS) is 22.7. The molecule has 1 aromatic carbocycles. The molecule has 2 heterocycles. The van der Waals surface area contributed by atoms with E-state index in [4.69, 9.17) is 4.74 Å². The number of nitrogens with zero attached hydrogens (tertiary/aromatic N) is 3. The number of urea groups is 1. The minimum atomic E-state index is -0.743. The molecule has 184 valence electrons. The van der Waals surface area contributed by atoms with E-state index in [2.05, 4.69) is 20.4 Å². The smallest absolute Gasteiger partial charge is 0.338 e. The number of ether oxygens (including phenoxy) is 1. The van der Waals surface area contributed by atoms with Crippen LogP contribution in [0.3, 0.4) is 0 Å². The highest BCUT2D eigenvalue weighted by Gasteiger charge is 2.35. The lowest BCUT2D eigenvalue weighted by molar-refractivity contribution is -0.384. The Kier molecular flexibility index (Phi) is 7.79.